The average Bonchev–Trinajstić information content (AvgIpc) is 2.39. The number of carbonyl (C=O) groups is 1. The van der Waals surface area contributed by atoms with Gasteiger partial charge in [0.1, 0.15) is 6.10 Å². The summed E-state index contributed by atoms with van der Waals surface area (Å²) in [5.41, 5.74) is 5.34. The number of aliphatic hydroxyl groups is 1. The van der Waals surface area contributed by atoms with Gasteiger partial charge in [-0.05, 0) is 26.9 Å². The SMILES string of the molecule is CC.CCN(CC)CCN.CCOC(=O)C(C)O. The Balaban J connectivity index is -0.000000219. The van der Waals surface area contributed by atoms with Gasteiger partial charge in [-0.15, -0.1) is 0 Å². The van der Waals surface area contributed by atoms with E-state index in [0.717, 1.165) is 26.2 Å². The third kappa shape index (κ3) is 17.7. The van der Waals surface area contributed by atoms with Crippen LogP contribution in [0.4, 0.5) is 0 Å². The number of likely N-dealkylation sites (N-methyl/N-ethyl adjacent to an activating group) is 1. The number of esters is 1. The summed E-state index contributed by atoms with van der Waals surface area (Å²) < 4.78 is 4.41. The molecule has 0 saturated heterocycles. The Morgan fingerprint density at radius 3 is 1.83 bits per heavy atom. The standard InChI is InChI=1S/C6H16N2.C5H10O3.C2H6/c1-3-8(4-2)6-5-7;1-3-8-5(7)4(2)6;1-2/h3-7H2,1-2H3;4,6H,3H2,1-2H3;1-2H3. The van der Waals surface area contributed by atoms with E-state index in [4.69, 9.17) is 10.8 Å². The maximum atomic E-state index is 10.3. The van der Waals surface area contributed by atoms with Crippen LogP contribution in [0.15, 0.2) is 0 Å². The van der Waals surface area contributed by atoms with E-state index in [9.17, 15) is 4.79 Å². The minimum absolute atomic E-state index is 0.323. The fourth-order valence-electron chi connectivity index (χ4n) is 0.985. The highest BCUT2D eigenvalue weighted by molar-refractivity contribution is 5.73. The Kier molecular flexibility index (Phi) is 23.4. The normalized spacial score (nSPS) is 10.7. The topological polar surface area (TPSA) is 75.8 Å². The fraction of sp³-hybridized carbons (Fsp3) is 0.923. The van der Waals surface area contributed by atoms with Gasteiger partial charge >= 0.3 is 5.97 Å². The maximum absolute atomic E-state index is 10.3. The summed E-state index contributed by atoms with van der Waals surface area (Å²) in [6.07, 6.45) is -0.991. The van der Waals surface area contributed by atoms with E-state index in [1.807, 2.05) is 13.8 Å². The van der Waals surface area contributed by atoms with Crippen LogP contribution in [0.1, 0.15) is 41.5 Å². The molecule has 0 aromatic rings. The molecule has 0 aromatic heterocycles. The second-order valence-electron chi connectivity index (χ2n) is 3.24. The van der Waals surface area contributed by atoms with Crippen molar-refractivity contribution < 1.29 is 14.6 Å². The second kappa shape index (κ2) is 18.7. The first kappa shape index (κ1) is 22.5. The van der Waals surface area contributed by atoms with Crippen LogP contribution in [-0.4, -0.2) is 54.9 Å². The molecule has 0 aliphatic rings. The zero-order chi connectivity index (χ0) is 15.0. The quantitative estimate of drug-likeness (QED) is 0.706. The zero-order valence-corrected chi connectivity index (χ0v) is 12.9. The summed E-state index contributed by atoms with van der Waals surface area (Å²) in [4.78, 5) is 12.6. The Bertz CT molecular complexity index is 160. The highest BCUT2D eigenvalue weighted by atomic mass is 16.5. The molecule has 0 spiro atoms. The van der Waals surface area contributed by atoms with Gasteiger partial charge in [-0.2, -0.15) is 0 Å². The van der Waals surface area contributed by atoms with Crippen LogP contribution in [0.25, 0.3) is 0 Å². The highest BCUT2D eigenvalue weighted by Gasteiger charge is 2.07. The molecular weight excluding hydrogens is 232 g/mol. The highest BCUT2D eigenvalue weighted by Crippen LogP contribution is 1.84. The van der Waals surface area contributed by atoms with Crippen LogP contribution in [0.2, 0.25) is 0 Å². The molecular formula is C13H32N2O3. The van der Waals surface area contributed by atoms with Crippen molar-refractivity contribution in [3.05, 3.63) is 0 Å². The molecule has 0 radical (unpaired) electrons. The van der Waals surface area contributed by atoms with Gasteiger partial charge in [-0.3, -0.25) is 0 Å². The van der Waals surface area contributed by atoms with Gasteiger partial charge in [0, 0.05) is 13.1 Å². The molecule has 0 amide bonds. The Labute approximate surface area is 112 Å². The minimum Gasteiger partial charge on any atom is -0.464 e. The number of hydrogen-bond acceptors (Lipinski definition) is 5. The van der Waals surface area contributed by atoms with Gasteiger partial charge in [0.15, 0.2) is 0 Å². The second-order valence-corrected chi connectivity index (χ2v) is 3.24. The third-order valence-corrected chi connectivity index (χ3v) is 1.97. The molecule has 0 rings (SSSR count). The molecule has 1 unspecified atom stereocenters. The molecule has 0 heterocycles. The summed E-state index contributed by atoms with van der Waals surface area (Å²) in [5, 5.41) is 8.48. The molecule has 1 atom stereocenters. The number of carbonyl (C=O) groups excluding carboxylic acids is 1. The van der Waals surface area contributed by atoms with Gasteiger partial charge < -0.3 is 20.5 Å². The lowest BCUT2D eigenvalue weighted by atomic mass is 10.4. The van der Waals surface area contributed by atoms with Gasteiger partial charge in [0.25, 0.3) is 0 Å². The Morgan fingerprint density at radius 2 is 1.72 bits per heavy atom. The van der Waals surface area contributed by atoms with E-state index in [1.165, 1.54) is 6.92 Å². The first-order valence-corrected chi connectivity index (χ1v) is 6.80. The van der Waals surface area contributed by atoms with Crippen molar-refractivity contribution in [3.63, 3.8) is 0 Å². The Hall–Kier alpha value is -0.650. The third-order valence-electron chi connectivity index (χ3n) is 1.97. The number of ether oxygens (including phenoxy) is 1. The zero-order valence-electron chi connectivity index (χ0n) is 12.9. The number of rotatable bonds is 6. The Morgan fingerprint density at radius 1 is 1.28 bits per heavy atom. The van der Waals surface area contributed by atoms with Crippen molar-refractivity contribution in [2.24, 2.45) is 5.73 Å². The van der Waals surface area contributed by atoms with E-state index in [-0.39, 0.29) is 0 Å². The molecule has 112 valence electrons. The fourth-order valence-corrected chi connectivity index (χ4v) is 0.985. The van der Waals surface area contributed by atoms with Crippen molar-refractivity contribution in [1.29, 1.82) is 0 Å². The molecule has 0 aromatic carbocycles. The molecule has 3 N–H and O–H groups in total. The van der Waals surface area contributed by atoms with Gasteiger partial charge in [0.05, 0.1) is 6.61 Å². The van der Waals surface area contributed by atoms with Crippen molar-refractivity contribution in [2.75, 3.05) is 32.8 Å². The monoisotopic (exact) mass is 264 g/mol. The van der Waals surface area contributed by atoms with E-state index in [1.54, 1.807) is 6.92 Å². The van der Waals surface area contributed by atoms with Crippen LogP contribution in [0.3, 0.4) is 0 Å². The van der Waals surface area contributed by atoms with Crippen molar-refractivity contribution in [1.82, 2.24) is 4.90 Å². The first-order chi connectivity index (χ1) is 8.53. The average molecular weight is 264 g/mol. The molecule has 0 bridgehead atoms. The van der Waals surface area contributed by atoms with Crippen LogP contribution in [0, 0.1) is 0 Å². The van der Waals surface area contributed by atoms with E-state index >= 15 is 0 Å². The lowest BCUT2D eigenvalue weighted by Gasteiger charge is -2.15. The number of nitrogens with zero attached hydrogens (tertiary/aromatic N) is 1. The predicted molar refractivity (Wildman–Crippen MR) is 76.5 cm³/mol. The molecule has 0 saturated carbocycles. The van der Waals surface area contributed by atoms with Crippen LogP contribution in [-0.2, 0) is 9.53 Å². The molecule has 0 fully saturated rings. The maximum Gasteiger partial charge on any atom is 0.334 e. The van der Waals surface area contributed by atoms with Gasteiger partial charge in [-0.25, -0.2) is 4.79 Å². The predicted octanol–water partition coefficient (Wildman–Crippen LogP) is 1.24. The van der Waals surface area contributed by atoms with Crippen molar-refractivity contribution >= 4 is 5.97 Å². The number of aliphatic hydroxyl groups excluding tert-OH is 1. The lowest BCUT2D eigenvalue weighted by Crippen LogP contribution is -2.28. The molecule has 5 nitrogen and oxygen atoms in total. The molecule has 0 aliphatic heterocycles. The summed E-state index contributed by atoms with van der Waals surface area (Å²) >= 11 is 0. The summed E-state index contributed by atoms with van der Waals surface area (Å²) in [6, 6.07) is 0. The largest absolute Gasteiger partial charge is 0.464 e. The molecule has 5 heteroatoms. The van der Waals surface area contributed by atoms with Crippen LogP contribution >= 0.6 is 0 Å². The summed E-state index contributed by atoms with van der Waals surface area (Å²) in [7, 11) is 0. The van der Waals surface area contributed by atoms with E-state index in [2.05, 4.69) is 23.5 Å². The summed E-state index contributed by atoms with van der Waals surface area (Å²) in [5.74, 6) is -0.562. The first-order valence-electron chi connectivity index (χ1n) is 6.80. The van der Waals surface area contributed by atoms with E-state index in [0.29, 0.717) is 6.61 Å². The number of hydrogen-bond donors (Lipinski definition) is 2. The van der Waals surface area contributed by atoms with Crippen molar-refractivity contribution in [2.45, 2.75) is 47.6 Å². The lowest BCUT2D eigenvalue weighted by molar-refractivity contribution is -0.151. The number of nitrogens with two attached hydrogens (primary N) is 1. The van der Waals surface area contributed by atoms with Crippen molar-refractivity contribution in [3.8, 4) is 0 Å². The van der Waals surface area contributed by atoms with Crippen LogP contribution < -0.4 is 5.73 Å². The van der Waals surface area contributed by atoms with Gasteiger partial charge in [0.2, 0.25) is 0 Å². The van der Waals surface area contributed by atoms with Crippen LogP contribution in [0.5, 0.6) is 0 Å². The molecule has 18 heavy (non-hydrogen) atoms. The smallest absolute Gasteiger partial charge is 0.334 e. The molecule has 0 aliphatic carbocycles. The van der Waals surface area contributed by atoms with Gasteiger partial charge in [-0.1, -0.05) is 27.7 Å². The van der Waals surface area contributed by atoms with E-state index < -0.39 is 12.1 Å². The summed E-state index contributed by atoms with van der Waals surface area (Å²) in [6.45, 7) is 15.7. The minimum atomic E-state index is -0.991.